The Bertz CT molecular complexity index is 6050. The third-order valence-electron chi connectivity index (χ3n) is 24.3. The van der Waals surface area contributed by atoms with Crippen LogP contribution in [0.25, 0.3) is 87.6 Å². The molecular weight excluding hydrogens is 1330 g/mol. The van der Waals surface area contributed by atoms with E-state index in [4.69, 9.17) is 0 Å². The predicted molar refractivity (Wildman–Crippen MR) is 459 cm³/mol. The second-order valence-corrected chi connectivity index (χ2v) is 29.7. The number of anilines is 12. The van der Waals surface area contributed by atoms with E-state index in [0.717, 1.165) is 68.2 Å². The Kier molecular flexibility index (Phi) is 13.6. The summed E-state index contributed by atoms with van der Waals surface area (Å²) >= 11 is 0. The summed E-state index contributed by atoms with van der Waals surface area (Å²) in [7, 11) is 0. The lowest BCUT2D eigenvalue weighted by Gasteiger charge is -2.34. The predicted octanol–water partition coefficient (Wildman–Crippen LogP) is 28.3. The lowest BCUT2D eigenvalue weighted by Crippen LogP contribution is -2.27. The van der Waals surface area contributed by atoms with Crippen molar-refractivity contribution in [3.05, 3.63) is 457 Å². The van der Waals surface area contributed by atoms with Crippen LogP contribution in [0.4, 0.5) is 68.2 Å². The Morgan fingerprint density at radius 2 is 0.364 bits per heavy atom. The van der Waals surface area contributed by atoms with Crippen LogP contribution in [0.3, 0.4) is 0 Å². The first-order valence-corrected chi connectivity index (χ1v) is 38.2. The van der Waals surface area contributed by atoms with Crippen molar-refractivity contribution in [1.82, 2.24) is 0 Å². The summed E-state index contributed by atoms with van der Waals surface area (Å²) in [5.41, 5.74) is 31.8. The number of hydrogen-bond acceptors (Lipinski definition) is 4. The van der Waals surface area contributed by atoms with Crippen molar-refractivity contribution >= 4 is 111 Å². The molecule has 19 aromatic carbocycles. The highest BCUT2D eigenvalue weighted by molar-refractivity contribution is 6.37. The van der Waals surface area contributed by atoms with Crippen LogP contribution in [-0.4, -0.2) is 0 Å². The molecule has 4 heteroatoms. The molecule has 0 unspecified atom stereocenters. The Hall–Kier alpha value is -14.3. The average molecular weight is 1400 g/mol. The fourth-order valence-corrected chi connectivity index (χ4v) is 20.1. The number of para-hydroxylation sites is 8. The van der Waals surface area contributed by atoms with Crippen molar-refractivity contribution < 1.29 is 0 Å². The van der Waals surface area contributed by atoms with Gasteiger partial charge in [-0.05, 0) is 290 Å². The molecule has 0 saturated heterocycles. The van der Waals surface area contributed by atoms with E-state index in [1.165, 1.54) is 132 Å². The van der Waals surface area contributed by atoms with Gasteiger partial charge in [0.15, 0.2) is 0 Å². The maximum absolute atomic E-state index is 2.67. The summed E-state index contributed by atoms with van der Waals surface area (Å²) < 4.78 is 0. The summed E-state index contributed by atoms with van der Waals surface area (Å²) in [6.07, 6.45) is 0. The smallest absolute Gasteiger partial charge is 0.0727 e. The Morgan fingerprint density at radius 1 is 0.136 bits per heavy atom. The molecule has 0 atom stereocenters. The molecule has 0 aromatic heterocycles. The minimum atomic E-state index is -0.785. The molecule has 0 heterocycles. The highest BCUT2D eigenvalue weighted by atomic mass is 15.2. The van der Waals surface area contributed by atoms with E-state index < -0.39 is 10.8 Å². The molecule has 0 fully saturated rings. The van der Waals surface area contributed by atoms with Gasteiger partial charge in [0.2, 0.25) is 0 Å². The number of benzene rings is 19. The van der Waals surface area contributed by atoms with Gasteiger partial charge in [-0.3, -0.25) is 0 Å². The third-order valence-corrected chi connectivity index (χ3v) is 24.3. The van der Waals surface area contributed by atoms with Crippen LogP contribution in [0.1, 0.15) is 44.5 Å². The van der Waals surface area contributed by atoms with Gasteiger partial charge in [-0.15, -0.1) is 0 Å². The maximum Gasteiger partial charge on any atom is 0.0727 e. The van der Waals surface area contributed by atoms with Gasteiger partial charge in [0.05, 0.1) is 10.8 Å². The van der Waals surface area contributed by atoms with Gasteiger partial charge in [-0.25, -0.2) is 0 Å². The number of rotatable bonds is 12. The molecule has 0 aliphatic heterocycles. The molecule has 0 radical (unpaired) electrons. The Balaban J connectivity index is 0.816. The molecule has 0 bridgehead atoms. The maximum atomic E-state index is 2.67. The molecule has 0 N–H and O–H groups in total. The van der Waals surface area contributed by atoms with E-state index in [0.29, 0.717) is 0 Å². The molecule has 4 nitrogen and oxygen atoms in total. The highest BCUT2D eigenvalue weighted by Crippen LogP contribution is 2.69. The van der Waals surface area contributed by atoms with Gasteiger partial charge < -0.3 is 19.6 Å². The van der Waals surface area contributed by atoms with E-state index in [-0.39, 0.29) is 0 Å². The van der Waals surface area contributed by atoms with Crippen LogP contribution in [0.2, 0.25) is 0 Å². The minimum absolute atomic E-state index is 0.785. The summed E-state index contributed by atoms with van der Waals surface area (Å²) in [5.74, 6) is 0. The summed E-state index contributed by atoms with van der Waals surface area (Å²) in [5, 5.41) is 10.1. The van der Waals surface area contributed by atoms with Gasteiger partial charge >= 0.3 is 0 Å². The molecule has 4 aliphatic rings. The van der Waals surface area contributed by atoms with Gasteiger partial charge in [0.25, 0.3) is 0 Å². The SMILES string of the molecule is c1ccc(N(c2ccccc2)c2ccc3c(c2)C2(c4cc(N(c5ccccc5)c5ccccc5)ccc4-3)c3ccccc3-c3c2cc2c4cccc5c6c(cc(c7cccc3c72)c54)C2(c3cc(N(c4ccccc4)c4ccccc4)ccc3-c3ccc(N(c4ccccc4)c4ccccc4)cc32)c2ccccc2-6)cc1. The highest BCUT2D eigenvalue weighted by Gasteiger charge is 2.55. The molecule has 0 saturated carbocycles. The summed E-state index contributed by atoms with van der Waals surface area (Å²) in [6, 6.07) is 155. The first-order chi connectivity index (χ1) is 54.6. The van der Waals surface area contributed by atoms with Crippen LogP contribution in [0, 0.1) is 0 Å². The fraction of sp³-hybridized carbons (Fsp3) is 0.0189. The van der Waals surface area contributed by atoms with E-state index in [1.807, 2.05) is 0 Å². The van der Waals surface area contributed by atoms with E-state index >= 15 is 0 Å². The normalized spacial score (nSPS) is 13.2. The zero-order chi connectivity index (χ0) is 72.2. The molecule has 0 amide bonds. The largest absolute Gasteiger partial charge is 0.310 e. The van der Waals surface area contributed by atoms with Gasteiger partial charge in [0.1, 0.15) is 0 Å². The monoisotopic (exact) mass is 1400 g/mol. The summed E-state index contributed by atoms with van der Waals surface area (Å²) in [6.45, 7) is 0. The molecule has 512 valence electrons. The van der Waals surface area contributed by atoms with Crippen molar-refractivity contribution in [3.8, 4) is 44.5 Å². The van der Waals surface area contributed by atoms with E-state index in [2.05, 4.69) is 432 Å². The molecule has 19 aromatic rings. The average Bonchev–Trinajstić information content (AvgIpc) is 1.49. The van der Waals surface area contributed by atoms with Crippen LogP contribution >= 0.6 is 0 Å². The third kappa shape index (κ3) is 8.73. The second-order valence-electron chi connectivity index (χ2n) is 29.7. The van der Waals surface area contributed by atoms with Crippen LogP contribution < -0.4 is 19.6 Å². The number of fused-ring (bicyclic) bond motifs is 24. The van der Waals surface area contributed by atoms with Gasteiger partial charge in [-0.2, -0.15) is 0 Å². The lowest BCUT2D eigenvalue weighted by molar-refractivity contribution is 0.795. The quantitative estimate of drug-likeness (QED) is 0.0893. The van der Waals surface area contributed by atoms with E-state index in [9.17, 15) is 0 Å². The second kappa shape index (κ2) is 24.1. The molecule has 110 heavy (non-hydrogen) atoms. The van der Waals surface area contributed by atoms with Crippen molar-refractivity contribution in [3.63, 3.8) is 0 Å². The van der Waals surface area contributed by atoms with Crippen LogP contribution in [0.15, 0.2) is 413 Å². The van der Waals surface area contributed by atoms with E-state index in [1.54, 1.807) is 0 Å². The molecular formula is C106H68N4. The zero-order valence-electron chi connectivity index (χ0n) is 60.0. The first kappa shape index (κ1) is 61.9. The summed E-state index contributed by atoms with van der Waals surface area (Å²) in [4.78, 5) is 9.72. The number of hydrogen-bond donors (Lipinski definition) is 0. The molecule has 2 spiro atoms. The molecule has 23 rings (SSSR count). The van der Waals surface area contributed by atoms with Gasteiger partial charge in [0, 0.05) is 68.2 Å². The van der Waals surface area contributed by atoms with Crippen molar-refractivity contribution in [2.45, 2.75) is 10.8 Å². The fourth-order valence-electron chi connectivity index (χ4n) is 20.1. The first-order valence-electron chi connectivity index (χ1n) is 38.2. The number of nitrogens with zero attached hydrogens (tertiary/aromatic N) is 4. The van der Waals surface area contributed by atoms with Crippen molar-refractivity contribution in [2.75, 3.05) is 19.6 Å². The molecule has 4 aliphatic carbocycles. The topological polar surface area (TPSA) is 13.0 Å². The standard InChI is InChI=1S/C106H68N4/c1-9-31-69(32-10-1)107(70-33-11-2-12-34-70)77-55-59-81-82-60-56-78(108(71-35-13-3-14-36-71)72-37-15-4-16-38-72)64-96(82)105(95(81)63-77)93-53-27-25-47-87(93)103-89-51-29-50-86-92-68-100-104(90-52-30-49-85(102(90)92)91(101(86)89)67-99(103)105)88-48-26-28-54-94(88)106(100)97-65-79(109(73-39-17-5-18-40-73)74-41-19-6-20-42-74)57-61-83(97)84-62-58-80(66-98(84)106)110(75-43-21-7-22-44-75)76-45-23-8-24-46-76/h1-68H. The van der Waals surface area contributed by atoms with Crippen molar-refractivity contribution in [1.29, 1.82) is 0 Å². The Labute approximate surface area is 639 Å². The minimum Gasteiger partial charge on any atom is -0.310 e. The lowest BCUT2D eigenvalue weighted by atomic mass is 9.69. The van der Waals surface area contributed by atoms with Crippen molar-refractivity contribution in [2.24, 2.45) is 0 Å². The van der Waals surface area contributed by atoms with Crippen LogP contribution in [0.5, 0.6) is 0 Å². The Morgan fingerprint density at radius 3 is 0.618 bits per heavy atom. The zero-order valence-corrected chi connectivity index (χ0v) is 60.0. The van der Waals surface area contributed by atoms with Gasteiger partial charge in [-0.1, -0.05) is 255 Å². The van der Waals surface area contributed by atoms with Crippen LogP contribution in [-0.2, 0) is 10.8 Å².